The Bertz CT molecular complexity index is 1590. The number of carbonyl (C=O) groups is 1. The predicted octanol–water partition coefficient (Wildman–Crippen LogP) is 5.98. The number of ether oxygens (including phenoxy) is 2. The Kier molecular flexibility index (Phi) is 8.81. The van der Waals surface area contributed by atoms with Crippen molar-refractivity contribution in [1.82, 2.24) is 9.66 Å². The number of aryl methyl sites for hydroxylation is 2. The number of nitrogens with zero attached hydrogens (tertiary/aromatic N) is 3. The van der Waals surface area contributed by atoms with Gasteiger partial charge < -0.3 is 14.8 Å². The summed E-state index contributed by atoms with van der Waals surface area (Å²) in [4.78, 5) is 30.2. The van der Waals surface area contributed by atoms with Crippen LogP contribution in [0.1, 0.15) is 30.8 Å². The van der Waals surface area contributed by atoms with E-state index in [0.29, 0.717) is 46.8 Å². The molecule has 1 heterocycles. The lowest BCUT2D eigenvalue weighted by atomic mass is 10.2. The van der Waals surface area contributed by atoms with Gasteiger partial charge in [0.25, 0.3) is 11.5 Å². The lowest BCUT2D eigenvalue weighted by Crippen LogP contribution is -2.22. The van der Waals surface area contributed by atoms with Gasteiger partial charge in [0, 0.05) is 16.6 Å². The minimum absolute atomic E-state index is 0.240. The van der Waals surface area contributed by atoms with Gasteiger partial charge >= 0.3 is 0 Å². The molecule has 0 atom stereocenters. The lowest BCUT2D eigenvalue weighted by molar-refractivity contribution is -0.118. The quantitative estimate of drug-likeness (QED) is 0.240. The molecule has 0 spiro atoms. The number of benzene rings is 3. The Hall–Kier alpha value is -3.69. The molecule has 3 aromatic carbocycles. The van der Waals surface area contributed by atoms with Gasteiger partial charge in [-0.15, -0.1) is 0 Å². The summed E-state index contributed by atoms with van der Waals surface area (Å²) in [6.45, 7) is 5.74. The minimum Gasteiger partial charge on any atom is -0.490 e. The van der Waals surface area contributed by atoms with Crippen molar-refractivity contribution in [3.05, 3.63) is 91.4 Å². The maximum atomic E-state index is 13.2. The molecule has 38 heavy (non-hydrogen) atoms. The van der Waals surface area contributed by atoms with Crippen molar-refractivity contribution in [2.24, 2.45) is 5.10 Å². The number of hydrogen-bond donors (Lipinski definition) is 1. The Labute approximate surface area is 233 Å². The molecule has 0 saturated carbocycles. The number of anilines is 1. The van der Waals surface area contributed by atoms with E-state index < -0.39 is 0 Å². The number of carbonyl (C=O) groups excluding carboxylic acids is 1. The van der Waals surface area contributed by atoms with Crippen molar-refractivity contribution in [1.29, 1.82) is 0 Å². The molecule has 1 amide bonds. The van der Waals surface area contributed by atoms with Crippen molar-refractivity contribution < 1.29 is 14.3 Å². The number of para-hydroxylation sites is 1. The van der Waals surface area contributed by atoms with Gasteiger partial charge in [-0.25, -0.2) is 4.98 Å². The highest BCUT2D eigenvalue weighted by molar-refractivity contribution is 9.10. The Morgan fingerprint density at radius 1 is 1.16 bits per heavy atom. The van der Waals surface area contributed by atoms with Gasteiger partial charge in [-0.3, -0.25) is 9.59 Å². The van der Waals surface area contributed by atoms with Gasteiger partial charge in [-0.2, -0.15) is 9.78 Å². The summed E-state index contributed by atoms with van der Waals surface area (Å²) in [5.74, 6) is 0.796. The first-order valence-corrected chi connectivity index (χ1v) is 13.2. The number of amides is 1. The minimum atomic E-state index is -0.328. The van der Waals surface area contributed by atoms with E-state index in [1.807, 2.05) is 51.1 Å². The van der Waals surface area contributed by atoms with E-state index in [2.05, 4.69) is 31.3 Å². The van der Waals surface area contributed by atoms with Gasteiger partial charge in [-0.05, 0) is 61.4 Å². The van der Waals surface area contributed by atoms with E-state index >= 15 is 0 Å². The van der Waals surface area contributed by atoms with Crippen LogP contribution in [-0.4, -0.2) is 35.0 Å². The van der Waals surface area contributed by atoms with E-state index in [-0.39, 0.29) is 28.8 Å². The largest absolute Gasteiger partial charge is 0.490 e. The summed E-state index contributed by atoms with van der Waals surface area (Å²) >= 11 is 9.92. The SMILES string of the molecule is CCOc1cc(C=Nn2c(CC)nc3ccc(Br)cc3c2=O)cc(Cl)c1OCC(=O)Nc1ccccc1C. The summed E-state index contributed by atoms with van der Waals surface area (Å²) in [5.41, 5.74) is 2.56. The number of halogens is 2. The summed E-state index contributed by atoms with van der Waals surface area (Å²) < 4.78 is 13.5. The highest BCUT2D eigenvalue weighted by Crippen LogP contribution is 2.36. The second kappa shape index (κ2) is 12.2. The summed E-state index contributed by atoms with van der Waals surface area (Å²) in [7, 11) is 0. The van der Waals surface area contributed by atoms with Crippen molar-refractivity contribution in [3.8, 4) is 11.5 Å². The van der Waals surface area contributed by atoms with Crippen LogP contribution in [0.3, 0.4) is 0 Å². The molecule has 10 heteroatoms. The van der Waals surface area contributed by atoms with Gasteiger partial charge in [0.05, 0.1) is 28.7 Å². The van der Waals surface area contributed by atoms with Crippen LogP contribution >= 0.6 is 27.5 Å². The Morgan fingerprint density at radius 3 is 2.68 bits per heavy atom. The van der Waals surface area contributed by atoms with Gasteiger partial charge in [-0.1, -0.05) is 52.7 Å². The monoisotopic (exact) mass is 596 g/mol. The molecule has 4 aromatic rings. The lowest BCUT2D eigenvalue weighted by Gasteiger charge is -2.15. The van der Waals surface area contributed by atoms with E-state index in [1.165, 1.54) is 10.9 Å². The molecule has 1 aromatic heterocycles. The van der Waals surface area contributed by atoms with Crippen LogP contribution in [0.4, 0.5) is 5.69 Å². The normalized spacial score (nSPS) is 11.2. The topological polar surface area (TPSA) is 94.8 Å². The first-order chi connectivity index (χ1) is 18.3. The molecule has 196 valence electrons. The fourth-order valence-corrected chi connectivity index (χ4v) is 4.40. The zero-order valence-corrected chi connectivity index (χ0v) is 23.5. The highest BCUT2D eigenvalue weighted by Gasteiger charge is 2.15. The van der Waals surface area contributed by atoms with Gasteiger partial charge in [0.15, 0.2) is 18.1 Å². The van der Waals surface area contributed by atoms with Gasteiger partial charge in [0.1, 0.15) is 5.82 Å². The van der Waals surface area contributed by atoms with Crippen LogP contribution in [0.15, 0.2) is 69.0 Å². The highest BCUT2D eigenvalue weighted by atomic mass is 79.9. The molecule has 0 aliphatic carbocycles. The van der Waals surface area contributed by atoms with E-state index in [0.717, 1.165) is 10.0 Å². The second-order valence-electron chi connectivity index (χ2n) is 8.32. The van der Waals surface area contributed by atoms with Crippen molar-refractivity contribution in [2.45, 2.75) is 27.2 Å². The van der Waals surface area contributed by atoms with E-state index in [4.69, 9.17) is 21.1 Å². The molecule has 0 unspecified atom stereocenters. The Morgan fingerprint density at radius 2 is 1.95 bits per heavy atom. The molecule has 1 N–H and O–H groups in total. The molecule has 0 radical (unpaired) electrons. The number of fused-ring (bicyclic) bond motifs is 1. The number of nitrogens with one attached hydrogen (secondary N) is 1. The smallest absolute Gasteiger partial charge is 0.282 e. The van der Waals surface area contributed by atoms with Crippen molar-refractivity contribution in [2.75, 3.05) is 18.5 Å². The maximum absolute atomic E-state index is 13.2. The first-order valence-electron chi connectivity index (χ1n) is 12.0. The van der Waals surface area contributed by atoms with Crippen LogP contribution < -0.4 is 20.3 Å². The predicted molar refractivity (Wildman–Crippen MR) is 154 cm³/mol. The molecule has 0 fully saturated rings. The summed E-state index contributed by atoms with van der Waals surface area (Å²) in [6, 6.07) is 16.1. The van der Waals surface area contributed by atoms with Crippen molar-refractivity contribution in [3.63, 3.8) is 0 Å². The molecule has 0 bridgehead atoms. The molecule has 8 nitrogen and oxygen atoms in total. The number of aromatic nitrogens is 2. The van der Waals surface area contributed by atoms with Crippen LogP contribution in [0.5, 0.6) is 11.5 Å². The fourth-order valence-electron chi connectivity index (χ4n) is 3.77. The zero-order valence-electron chi connectivity index (χ0n) is 21.1. The van der Waals surface area contributed by atoms with Crippen LogP contribution in [0, 0.1) is 6.92 Å². The van der Waals surface area contributed by atoms with Crippen LogP contribution in [-0.2, 0) is 11.2 Å². The standard InChI is InChI=1S/C28H26BrClN4O4/c1-4-25-32-23-11-10-19(29)14-20(23)28(36)34(25)31-15-18-12-21(30)27(24(13-18)37-5-2)38-16-26(35)33-22-9-7-6-8-17(22)3/h6-15H,4-5,16H2,1-3H3,(H,33,35). The van der Waals surface area contributed by atoms with Crippen LogP contribution in [0.2, 0.25) is 5.02 Å². The number of hydrogen-bond acceptors (Lipinski definition) is 6. The molecular formula is C28H26BrClN4O4. The first kappa shape index (κ1) is 27.3. The summed E-state index contributed by atoms with van der Waals surface area (Å²) in [5, 5.41) is 7.93. The molecule has 0 saturated heterocycles. The Balaban J connectivity index is 1.59. The average Bonchev–Trinajstić information content (AvgIpc) is 2.89. The third kappa shape index (κ3) is 6.23. The fraction of sp³-hybridized carbons (Fsp3) is 0.214. The van der Waals surface area contributed by atoms with Gasteiger partial charge in [0.2, 0.25) is 0 Å². The molecule has 0 aliphatic rings. The average molecular weight is 598 g/mol. The van der Waals surface area contributed by atoms with E-state index in [1.54, 1.807) is 24.3 Å². The maximum Gasteiger partial charge on any atom is 0.282 e. The second-order valence-corrected chi connectivity index (χ2v) is 9.64. The third-order valence-electron chi connectivity index (χ3n) is 5.61. The zero-order chi connectivity index (χ0) is 27.2. The summed E-state index contributed by atoms with van der Waals surface area (Å²) in [6.07, 6.45) is 2.02. The molecule has 4 rings (SSSR count). The number of rotatable bonds is 9. The molecule has 0 aliphatic heterocycles. The molecular weight excluding hydrogens is 572 g/mol. The van der Waals surface area contributed by atoms with E-state index in [9.17, 15) is 9.59 Å². The van der Waals surface area contributed by atoms with Crippen LogP contribution in [0.25, 0.3) is 10.9 Å². The van der Waals surface area contributed by atoms with Crippen molar-refractivity contribution >= 4 is 56.2 Å². The third-order valence-corrected chi connectivity index (χ3v) is 6.39.